The van der Waals surface area contributed by atoms with Gasteiger partial charge in [0.05, 0.1) is 49.0 Å². The SMILES string of the molecule is Fc1ncc(N2C[C@H]3OCC32)cc1Nc1cc(N2OCC[C@@H]2c2ccccc2)ncn1. The Kier molecular flexibility index (Phi) is 4.43. The number of rotatable bonds is 5. The fourth-order valence-corrected chi connectivity index (χ4v) is 4.30. The van der Waals surface area contributed by atoms with Crippen LogP contribution in [0.3, 0.4) is 0 Å². The van der Waals surface area contributed by atoms with Crippen molar-refractivity contribution >= 4 is 23.0 Å². The van der Waals surface area contributed by atoms with Gasteiger partial charge in [0, 0.05) is 19.0 Å². The van der Waals surface area contributed by atoms with Crippen LogP contribution in [0.25, 0.3) is 0 Å². The number of benzene rings is 1. The number of hydroxylamine groups is 1. The number of aromatic nitrogens is 3. The number of anilines is 4. The molecule has 6 rings (SSSR count). The third-order valence-corrected chi connectivity index (χ3v) is 6.07. The second-order valence-electron chi connectivity index (χ2n) is 7.88. The normalized spacial score (nSPS) is 24.4. The van der Waals surface area contributed by atoms with E-state index in [0.29, 0.717) is 37.0 Å². The molecule has 9 heteroatoms. The number of halogens is 1. The van der Waals surface area contributed by atoms with E-state index in [-0.39, 0.29) is 11.7 Å². The lowest BCUT2D eigenvalue weighted by Gasteiger charge is -2.55. The molecule has 5 heterocycles. The van der Waals surface area contributed by atoms with Gasteiger partial charge in [-0.2, -0.15) is 4.39 Å². The fourth-order valence-electron chi connectivity index (χ4n) is 4.30. The van der Waals surface area contributed by atoms with Crippen LogP contribution in [0.5, 0.6) is 0 Å². The summed E-state index contributed by atoms with van der Waals surface area (Å²) in [5.74, 6) is 0.509. The number of morpholine rings is 1. The molecule has 3 aliphatic heterocycles. The van der Waals surface area contributed by atoms with Gasteiger partial charge in [-0.3, -0.25) is 4.84 Å². The molecule has 0 spiro atoms. The maximum Gasteiger partial charge on any atom is 0.236 e. The quantitative estimate of drug-likeness (QED) is 0.631. The van der Waals surface area contributed by atoms with E-state index in [0.717, 1.165) is 24.2 Å². The summed E-state index contributed by atoms with van der Waals surface area (Å²) >= 11 is 0. The zero-order chi connectivity index (χ0) is 20.8. The molecule has 8 nitrogen and oxygen atoms in total. The van der Waals surface area contributed by atoms with Gasteiger partial charge in [0.2, 0.25) is 5.95 Å². The van der Waals surface area contributed by atoms with E-state index >= 15 is 0 Å². The average molecular weight is 420 g/mol. The Bertz CT molecular complexity index is 1100. The van der Waals surface area contributed by atoms with Crippen LogP contribution in [0.15, 0.2) is 55.0 Å². The van der Waals surface area contributed by atoms with Crippen molar-refractivity contribution in [3.8, 4) is 0 Å². The lowest BCUT2D eigenvalue weighted by Crippen LogP contribution is -2.70. The van der Waals surface area contributed by atoms with Crippen molar-refractivity contribution in [3.63, 3.8) is 0 Å². The van der Waals surface area contributed by atoms with Crippen LogP contribution in [-0.4, -0.2) is 46.9 Å². The summed E-state index contributed by atoms with van der Waals surface area (Å²) in [5.41, 5.74) is 2.30. The molecule has 3 fully saturated rings. The van der Waals surface area contributed by atoms with Gasteiger partial charge in [0.15, 0.2) is 5.82 Å². The summed E-state index contributed by atoms with van der Waals surface area (Å²) < 4.78 is 19.9. The average Bonchev–Trinajstić information content (AvgIpc) is 3.28. The van der Waals surface area contributed by atoms with Crippen LogP contribution in [0, 0.1) is 5.95 Å². The van der Waals surface area contributed by atoms with Gasteiger partial charge in [0.1, 0.15) is 12.1 Å². The van der Waals surface area contributed by atoms with Crippen molar-refractivity contribution in [2.75, 3.05) is 35.0 Å². The summed E-state index contributed by atoms with van der Waals surface area (Å²) in [6.07, 6.45) is 4.16. The van der Waals surface area contributed by atoms with Crippen molar-refractivity contribution in [2.24, 2.45) is 0 Å². The van der Waals surface area contributed by atoms with Gasteiger partial charge < -0.3 is 15.0 Å². The molecule has 3 aromatic rings. The Morgan fingerprint density at radius 3 is 2.77 bits per heavy atom. The van der Waals surface area contributed by atoms with Crippen LogP contribution >= 0.6 is 0 Å². The number of fused-ring (bicyclic) bond motifs is 1. The molecule has 1 unspecified atom stereocenters. The standard InChI is InChI=1S/C22H21FN6O2/c23-22-16(8-15(10-24-22)28-11-19-18(28)12-30-19)27-20-9-21(26-13-25-20)29-17(6-7-31-29)14-4-2-1-3-5-14/h1-5,8-10,13,17-19H,6-7,11-12H2,(H,25,26,27)/t17-,18?,19-/m1/s1. The highest BCUT2D eigenvalue weighted by atomic mass is 19.1. The minimum Gasteiger partial charge on any atom is -0.372 e. The van der Waals surface area contributed by atoms with Crippen molar-refractivity contribution in [2.45, 2.75) is 24.6 Å². The van der Waals surface area contributed by atoms with Gasteiger partial charge in [-0.1, -0.05) is 30.3 Å². The topological polar surface area (TPSA) is 75.6 Å². The molecule has 0 bridgehead atoms. The monoisotopic (exact) mass is 420 g/mol. The number of hydrogen-bond acceptors (Lipinski definition) is 8. The molecule has 0 saturated carbocycles. The summed E-state index contributed by atoms with van der Waals surface area (Å²) in [6, 6.07) is 14.1. The molecule has 0 aliphatic carbocycles. The van der Waals surface area contributed by atoms with E-state index in [1.165, 1.54) is 6.33 Å². The highest BCUT2D eigenvalue weighted by Crippen LogP contribution is 2.37. The van der Waals surface area contributed by atoms with Crippen molar-refractivity contribution in [1.29, 1.82) is 0 Å². The lowest BCUT2D eigenvalue weighted by molar-refractivity contribution is -0.113. The first-order chi connectivity index (χ1) is 15.3. The summed E-state index contributed by atoms with van der Waals surface area (Å²) in [6.45, 7) is 2.12. The molecule has 2 aromatic heterocycles. The van der Waals surface area contributed by atoms with Crippen molar-refractivity contribution in [3.05, 3.63) is 66.5 Å². The first kappa shape index (κ1) is 18.5. The highest BCUT2D eigenvalue weighted by molar-refractivity contribution is 5.65. The molecule has 0 radical (unpaired) electrons. The van der Waals surface area contributed by atoms with E-state index in [4.69, 9.17) is 9.57 Å². The van der Waals surface area contributed by atoms with Crippen molar-refractivity contribution < 1.29 is 14.0 Å². The smallest absolute Gasteiger partial charge is 0.236 e. The van der Waals surface area contributed by atoms with E-state index < -0.39 is 5.95 Å². The Labute approximate surface area is 178 Å². The molecule has 0 amide bonds. The molecule has 3 atom stereocenters. The maximum atomic E-state index is 14.4. The number of hydrogen-bond donors (Lipinski definition) is 1. The summed E-state index contributed by atoms with van der Waals surface area (Å²) in [4.78, 5) is 20.6. The zero-order valence-electron chi connectivity index (χ0n) is 16.7. The fraction of sp³-hybridized carbons (Fsp3) is 0.318. The molecule has 1 aromatic carbocycles. The molecule has 1 N–H and O–H groups in total. The van der Waals surface area contributed by atoms with Gasteiger partial charge in [-0.05, 0) is 11.6 Å². The highest BCUT2D eigenvalue weighted by Gasteiger charge is 2.47. The molecule has 158 valence electrons. The van der Waals surface area contributed by atoms with Crippen LogP contribution in [0.2, 0.25) is 0 Å². The Morgan fingerprint density at radius 2 is 2.00 bits per heavy atom. The van der Waals surface area contributed by atoms with E-state index in [2.05, 4.69) is 37.3 Å². The Hall–Kier alpha value is -3.30. The van der Waals surface area contributed by atoms with Crippen LogP contribution in [-0.2, 0) is 9.57 Å². The van der Waals surface area contributed by atoms with Gasteiger partial charge in [-0.25, -0.2) is 20.0 Å². The predicted octanol–water partition coefficient (Wildman–Crippen LogP) is 3.22. The predicted molar refractivity (Wildman–Crippen MR) is 113 cm³/mol. The lowest BCUT2D eigenvalue weighted by atomic mass is 9.94. The zero-order valence-corrected chi connectivity index (χ0v) is 16.7. The molecular formula is C22H21FN6O2. The van der Waals surface area contributed by atoms with Crippen molar-refractivity contribution in [1.82, 2.24) is 15.0 Å². The molecule has 31 heavy (non-hydrogen) atoms. The van der Waals surface area contributed by atoms with Crippen LogP contribution in [0.4, 0.5) is 27.4 Å². The Morgan fingerprint density at radius 1 is 1.10 bits per heavy atom. The molecule has 3 saturated heterocycles. The molecular weight excluding hydrogens is 399 g/mol. The number of pyridine rings is 1. The minimum atomic E-state index is -0.578. The first-order valence-corrected chi connectivity index (χ1v) is 10.4. The second kappa shape index (κ2) is 7.44. The Balaban J connectivity index is 1.24. The first-order valence-electron chi connectivity index (χ1n) is 10.4. The number of nitrogens with zero attached hydrogens (tertiary/aromatic N) is 5. The van der Waals surface area contributed by atoms with Gasteiger partial charge in [-0.15, -0.1) is 0 Å². The van der Waals surface area contributed by atoms with E-state index in [1.807, 2.05) is 18.2 Å². The van der Waals surface area contributed by atoms with Crippen LogP contribution < -0.4 is 15.3 Å². The number of ether oxygens (including phenoxy) is 1. The summed E-state index contributed by atoms with van der Waals surface area (Å²) in [5, 5.41) is 4.85. The third kappa shape index (κ3) is 3.26. The van der Waals surface area contributed by atoms with Crippen LogP contribution in [0.1, 0.15) is 18.0 Å². The number of nitrogens with one attached hydrogen (secondary N) is 1. The van der Waals surface area contributed by atoms with Gasteiger partial charge in [0.25, 0.3) is 0 Å². The van der Waals surface area contributed by atoms with E-state index in [1.54, 1.807) is 23.4 Å². The largest absolute Gasteiger partial charge is 0.372 e. The van der Waals surface area contributed by atoms with E-state index in [9.17, 15) is 4.39 Å². The second-order valence-corrected chi connectivity index (χ2v) is 7.88. The minimum absolute atomic E-state index is 0.0646. The third-order valence-electron chi connectivity index (χ3n) is 6.07. The molecule has 3 aliphatic rings. The van der Waals surface area contributed by atoms with Gasteiger partial charge >= 0.3 is 0 Å². The summed E-state index contributed by atoms with van der Waals surface area (Å²) in [7, 11) is 0. The maximum absolute atomic E-state index is 14.4.